The summed E-state index contributed by atoms with van der Waals surface area (Å²) in [6, 6.07) is 1.71. The summed E-state index contributed by atoms with van der Waals surface area (Å²) in [5.41, 5.74) is 3.67. The van der Waals surface area contributed by atoms with Crippen molar-refractivity contribution in [3.8, 4) is 6.07 Å². The van der Waals surface area contributed by atoms with E-state index in [0.717, 1.165) is 12.1 Å². The molecular formula is C16H15F2N3O5S. The Morgan fingerprint density at radius 3 is 2.52 bits per heavy atom. The van der Waals surface area contributed by atoms with Gasteiger partial charge in [-0.15, -0.1) is 0 Å². The summed E-state index contributed by atoms with van der Waals surface area (Å²) in [7, 11) is -4.30. The van der Waals surface area contributed by atoms with Crippen molar-refractivity contribution in [2.75, 3.05) is 6.54 Å². The van der Waals surface area contributed by atoms with Gasteiger partial charge in [0.15, 0.2) is 15.3 Å². The maximum absolute atomic E-state index is 14.0. The predicted octanol–water partition coefficient (Wildman–Crippen LogP) is 0.0336. The second kappa shape index (κ2) is 6.24. The van der Waals surface area contributed by atoms with Crippen LogP contribution in [0.3, 0.4) is 0 Å². The highest BCUT2D eigenvalue weighted by Gasteiger charge is 2.66. The normalized spacial score (nSPS) is 30.6. The van der Waals surface area contributed by atoms with Gasteiger partial charge in [-0.25, -0.2) is 17.2 Å². The van der Waals surface area contributed by atoms with Gasteiger partial charge in [0.05, 0.1) is 11.3 Å². The van der Waals surface area contributed by atoms with Gasteiger partial charge in [0, 0.05) is 18.7 Å². The molecule has 11 heteroatoms. The zero-order valence-electron chi connectivity index (χ0n) is 13.8. The number of nitrogens with zero attached hydrogens (tertiary/aromatic N) is 2. The monoisotopic (exact) mass is 399 g/mol. The lowest BCUT2D eigenvalue weighted by atomic mass is 10.1. The van der Waals surface area contributed by atoms with Crippen LogP contribution in [0.2, 0.25) is 0 Å². The largest absolute Gasteiger partial charge is 0.480 e. The number of carboxylic acids is 1. The molecule has 27 heavy (non-hydrogen) atoms. The average Bonchev–Trinajstić information content (AvgIpc) is 3.15. The number of rotatable bonds is 5. The molecule has 0 bridgehead atoms. The molecule has 1 aliphatic carbocycles. The second-order valence-electron chi connectivity index (χ2n) is 6.70. The average molecular weight is 399 g/mol. The van der Waals surface area contributed by atoms with Crippen molar-refractivity contribution in [2.24, 2.45) is 11.1 Å². The molecule has 1 heterocycles. The summed E-state index contributed by atoms with van der Waals surface area (Å²) in [5.74, 6) is -4.44. The highest BCUT2D eigenvalue weighted by atomic mass is 32.2. The van der Waals surface area contributed by atoms with Crippen molar-refractivity contribution >= 4 is 21.7 Å². The molecule has 0 aromatic heterocycles. The molecule has 0 spiro atoms. The van der Waals surface area contributed by atoms with Gasteiger partial charge in [-0.05, 0) is 25.0 Å². The number of aliphatic carboxylic acids is 1. The minimum absolute atomic E-state index is 0.000288. The number of likely N-dealkylation sites (tertiary alicyclic amines) is 1. The Hall–Kier alpha value is -2.58. The molecule has 2 aliphatic rings. The molecule has 3 rings (SSSR count). The Labute approximate surface area is 153 Å². The lowest BCUT2D eigenvalue weighted by Crippen LogP contribution is -2.42. The van der Waals surface area contributed by atoms with Crippen LogP contribution in [0.25, 0.3) is 0 Å². The number of nitrogens with two attached hydrogens (primary N) is 1. The van der Waals surface area contributed by atoms with Crippen molar-refractivity contribution in [1.82, 2.24) is 4.90 Å². The molecule has 4 atom stereocenters. The molecular weight excluding hydrogens is 384 g/mol. The standard InChI is InChI=1S/C16H15F2N3O5S/c17-8-1-2-12(10(18)3-8)27(25,26)9-4-11(14(22)23)21(6-9)13-5-16(13,7-19)15(20)24/h1-3,9,11,13H,4-6H2,(H2,20,24)(H,22,23)/t9-,11+,13?,16?/m1/s1. The summed E-state index contributed by atoms with van der Waals surface area (Å²) >= 11 is 0. The van der Waals surface area contributed by atoms with Gasteiger partial charge in [-0.3, -0.25) is 14.5 Å². The van der Waals surface area contributed by atoms with Crippen LogP contribution in [0.4, 0.5) is 8.78 Å². The Balaban J connectivity index is 1.93. The third-order valence-corrected chi connectivity index (χ3v) is 7.35. The first-order valence-corrected chi connectivity index (χ1v) is 9.48. The Kier molecular flexibility index (Phi) is 4.44. The van der Waals surface area contributed by atoms with Crippen LogP contribution in [0, 0.1) is 28.4 Å². The van der Waals surface area contributed by atoms with Crippen molar-refractivity contribution in [3.63, 3.8) is 0 Å². The van der Waals surface area contributed by atoms with E-state index in [9.17, 15) is 37.2 Å². The smallest absolute Gasteiger partial charge is 0.320 e. The SMILES string of the molecule is N#CC1(C(N)=O)CC1N1C[C@H](S(=O)(=O)c2ccc(F)cc2F)C[C@H]1C(=O)O. The summed E-state index contributed by atoms with van der Waals surface area (Å²) in [5, 5.41) is 17.4. The van der Waals surface area contributed by atoms with E-state index in [2.05, 4.69) is 0 Å². The van der Waals surface area contributed by atoms with Crippen LogP contribution in [0.15, 0.2) is 23.1 Å². The van der Waals surface area contributed by atoms with E-state index in [0.29, 0.717) is 6.07 Å². The summed E-state index contributed by atoms with van der Waals surface area (Å²) in [6.45, 7) is -0.308. The van der Waals surface area contributed by atoms with E-state index >= 15 is 0 Å². The number of carbonyl (C=O) groups is 2. The number of hydrogen-bond acceptors (Lipinski definition) is 6. The summed E-state index contributed by atoms with van der Waals surface area (Å²) in [4.78, 5) is 23.7. The van der Waals surface area contributed by atoms with Crippen LogP contribution in [-0.4, -0.2) is 54.2 Å². The van der Waals surface area contributed by atoms with E-state index in [1.54, 1.807) is 6.07 Å². The molecule has 1 saturated carbocycles. The van der Waals surface area contributed by atoms with E-state index in [1.165, 1.54) is 4.90 Å². The number of nitriles is 1. The quantitative estimate of drug-likeness (QED) is 0.666. The van der Waals surface area contributed by atoms with E-state index in [4.69, 9.17) is 5.73 Å². The third kappa shape index (κ3) is 2.94. The fraction of sp³-hybridized carbons (Fsp3) is 0.438. The summed E-state index contributed by atoms with van der Waals surface area (Å²) in [6.07, 6.45) is -0.356. The first kappa shape index (κ1) is 19.2. The Morgan fingerprint density at radius 1 is 1.37 bits per heavy atom. The highest BCUT2D eigenvalue weighted by molar-refractivity contribution is 7.92. The molecule has 144 valence electrons. The number of carboxylic acid groups (broad SMARTS) is 1. The number of amides is 1. The van der Waals surface area contributed by atoms with Gasteiger partial charge in [0.25, 0.3) is 0 Å². The molecule has 3 N–H and O–H groups in total. The minimum atomic E-state index is -4.30. The predicted molar refractivity (Wildman–Crippen MR) is 85.7 cm³/mol. The van der Waals surface area contributed by atoms with Gasteiger partial charge >= 0.3 is 5.97 Å². The van der Waals surface area contributed by atoms with Crippen LogP contribution in [-0.2, 0) is 19.4 Å². The van der Waals surface area contributed by atoms with Crippen molar-refractivity contribution in [1.29, 1.82) is 5.26 Å². The van der Waals surface area contributed by atoms with E-state index in [1.807, 2.05) is 0 Å². The number of carbonyl (C=O) groups excluding carboxylic acids is 1. The second-order valence-corrected chi connectivity index (χ2v) is 8.89. The maximum Gasteiger partial charge on any atom is 0.320 e. The fourth-order valence-corrected chi connectivity index (χ4v) is 5.36. The van der Waals surface area contributed by atoms with Crippen LogP contribution in [0.5, 0.6) is 0 Å². The molecule has 2 fully saturated rings. The number of hydrogen-bond donors (Lipinski definition) is 2. The van der Waals surface area contributed by atoms with Gasteiger partial charge in [0.1, 0.15) is 22.6 Å². The van der Waals surface area contributed by atoms with Crippen molar-refractivity contribution < 1.29 is 31.9 Å². The minimum Gasteiger partial charge on any atom is -0.480 e. The van der Waals surface area contributed by atoms with Gasteiger partial charge in [-0.2, -0.15) is 5.26 Å². The fourth-order valence-electron chi connectivity index (χ4n) is 3.61. The zero-order valence-corrected chi connectivity index (χ0v) is 14.6. The lowest BCUT2D eigenvalue weighted by Gasteiger charge is -2.22. The van der Waals surface area contributed by atoms with E-state index in [-0.39, 0.29) is 19.4 Å². The number of sulfone groups is 1. The first-order valence-electron chi connectivity index (χ1n) is 7.93. The molecule has 0 radical (unpaired) electrons. The van der Waals surface area contributed by atoms with Crippen LogP contribution in [0.1, 0.15) is 12.8 Å². The Morgan fingerprint density at radius 2 is 2.04 bits per heavy atom. The van der Waals surface area contributed by atoms with E-state index < -0.39 is 61.0 Å². The van der Waals surface area contributed by atoms with Crippen LogP contribution < -0.4 is 5.73 Å². The lowest BCUT2D eigenvalue weighted by molar-refractivity contribution is -0.142. The molecule has 1 aromatic rings. The first-order chi connectivity index (χ1) is 12.5. The maximum atomic E-state index is 14.0. The number of halogens is 2. The van der Waals surface area contributed by atoms with Crippen LogP contribution >= 0.6 is 0 Å². The highest BCUT2D eigenvalue weighted by Crippen LogP contribution is 2.51. The van der Waals surface area contributed by atoms with Gasteiger partial charge < -0.3 is 10.8 Å². The van der Waals surface area contributed by atoms with Crippen molar-refractivity contribution in [2.45, 2.75) is 35.1 Å². The topological polar surface area (TPSA) is 142 Å². The number of benzene rings is 1. The zero-order chi connectivity index (χ0) is 20.1. The van der Waals surface area contributed by atoms with Crippen molar-refractivity contribution in [3.05, 3.63) is 29.8 Å². The molecule has 8 nitrogen and oxygen atoms in total. The molecule has 2 unspecified atom stereocenters. The molecule has 1 saturated heterocycles. The third-order valence-electron chi connectivity index (χ3n) is 5.19. The van der Waals surface area contributed by atoms with Gasteiger partial charge in [-0.1, -0.05) is 0 Å². The molecule has 1 aliphatic heterocycles. The van der Waals surface area contributed by atoms with Gasteiger partial charge in [0.2, 0.25) is 5.91 Å². The molecule has 1 amide bonds. The Bertz CT molecular complexity index is 977. The molecule has 1 aromatic carbocycles. The number of primary amides is 1. The summed E-state index contributed by atoms with van der Waals surface area (Å²) < 4.78 is 52.5.